The number of ether oxygens (including phenoxy) is 2. The maximum absolute atomic E-state index is 11.1. The highest BCUT2D eigenvalue weighted by molar-refractivity contribution is 5.94. The van der Waals surface area contributed by atoms with E-state index in [9.17, 15) is 9.59 Å². The molecule has 0 saturated carbocycles. The largest absolute Gasteiger partial charge is 0.468 e. The third-order valence-electron chi connectivity index (χ3n) is 1.58. The number of hydrogen-bond acceptors (Lipinski definition) is 5. The van der Waals surface area contributed by atoms with Crippen molar-refractivity contribution in [1.82, 2.24) is 0 Å². The zero-order valence-electron chi connectivity index (χ0n) is 8.07. The summed E-state index contributed by atoms with van der Waals surface area (Å²) in [5.41, 5.74) is 5.36. The molecule has 0 heterocycles. The Labute approximate surface area is 77.2 Å². The molecule has 5 nitrogen and oxygen atoms in total. The predicted octanol–water partition coefficient (Wildman–Crippen LogP) is 0.0335. The van der Waals surface area contributed by atoms with Gasteiger partial charge < -0.3 is 9.47 Å². The highest BCUT2D eigenvalue weighted by atomic mass is 16.6. The smallest absolute Gasteiger partial charge is 0.321 e. The second-order valence-electron chi connectivity index (χ2n) is 2.63. The third kappa shape index (κ3) is 3.89. The Hall–Kier alpha value is -1.10. The van der Waals surface area contributed by atoms with Crippen molar-refractivity contribution in [3.63, 3.8) is 0 Å². The lowest BCUT2D eigenvalue weighted by Crippen LogP contribution is -2.32. The Morgan fingerprint density at radius 3 is 2.31 bits per heavy atom. The molecule has 0 aliphatic rings. The van der Waals surface area contributed by atoms with Crippen LogP contribution in [0.2, 0.25) is 0 Å². The van der Waals surface area contributed by atoms with Crippen LogP contribution >= 0.6 is 0 Å². The molecule has 0 amide bonds. The first-order chi connectivity index (χ1) is 6.02. The summed E-state index contributed by atoms with van der Waals surface area (Å²) < 4.78 is 9.09. The van der Waals surface area contributed by atoms with E-state index in [2.05, 4.69) is 4.74 Å². The molecule has 2 unspecified atom stereocenters. The van der Waals surface area contributed by atoms with Crippen LogP contribution in [-0.4, -0.2) is 25.3 Å². The van der Waals surface area contributed by atoms with Gasteiger partial charge in [-0.25, -0.2) is 0 Å². The lowest BCUT2D eigenvalue weighted by molar-refractivity contribution is -0.162. The summed E-state index contributed by atoms with van der Waals surface area (Å²) >= 11 is 0. The van der Waals surface area contributed by atoms with Gasteiger partial charge in [-0.15, -0.1) is 0 Å². The van der Waals surface area contributed by atoms with Gasteiger partial charge in [0.1, 0.15) is 0 Å². The van der Waals surface area contributed by atoms with Gasteiger partial charge >= 0.3 is 11.9 Å². The Kier molecular flexibility index (Phi) is 5.06. The molecule has 5 heteroatoms. The van der Waals surface area contributed by atoms with Crippen LogP contribution in [-0.2, 0) is 19.1 Å². The van der Waals surface area contributed by atoms with Crippen molar-refractivity contribution < 1.29 is 19.1 Å². The van der Waals surface area contributed by atoms with E-state index in [4.69, 9.17) is 10.5 Å². The summed E-state index contributed by atoms with van der Waals surface area (Å²) in [7, 11) is 1.21. The zero-order chi connectivity index (χ0) is 10.4. The number of carbonyl (C=O) groups excluding carboxylic acids is 2. The molecule has 76 valence electrons. The fourth-order valence-electron chi connectivity index (χ4n) is 0.608. The first-order valence-electron chi connectivity index (χ1n) is 4.06. The lowest BCUT2D eigenvalue weighted by Gasteiger charge is -2.13. The summed E-state index contributed by atoms with van der Waals surface area (Å²) in [6.07, 6.45) is -0.140. The second-order valence-corrected chi connectivity index (χ2v) is 2.63. The van der Waals surface area contributed by atoms with Crippen molar-refractivity contribution in [1.29, 1.82) is 0 Å². The lowest BCUT2D eigenvalue weighted by atomic mass is 10.2. The molecule has 2 N–H and O–H groups in total. The first-order valence-corrected chi connectivity index (χ1v) is 4.06. The summed E-state index contributed by atoms with van der Waals surface area (Å²) in [6.45, 7) is 3.19. The van der Waals surface area contributed by atoms with E-state index >= 15 is 0 Å². The van der Waals surface area contributed by atoms with Crippen molar-refractivity contribution in [2.24, 2.45) is 11.7 Å². The number of methoxy groups -OCH3 is 1. The predicted molar refractivity (Wildman–Crippen MR) is 45.5 cm³/mol. The van der Waals surface area contributed by atoms with E-state index in [1.54, 1.807) is 6.92 Å². The summed E-state index contributed by atoms with van der Waals surface area (Å²) in [5.74, 6) is -2.18. The molecule has 0 aromatic rings. The molecule has 0 aliphatic carbocycles. The van der Waals surface area contributed by atoms with E-state index in [1.165, 1.54) is 14.0 Å². The highest BCUT2D eigenvalue weighted by Crippen LogP contribution is 2.03. The van der Waals surface area contributed by atoms with E-state index in [0.717, 1.165) is 0 Å². The number of esters is 2. The van der Waals surface area contributed by atoms with Gasteiger partial charge in [0.05, 0.1) is 7.11 Å². The van der Waals surface area contributed by atoms with E-state index in [1.807, 2.05) is 0 Å². The summed E-state index contributed by atoms with van der Waals surface area (Å²) in [4.78, 5) is 22.0. The van der Waals surface area contributed by atoms with Gasteiger partial charge in [-0.1, -0.05) is 6.92 Å². The average Bonchev–Trinajstić information content (AvgIpc) is 2.14. The maximum atomic E-state index is 11.1. The maximum Gasteiger partial charge on any atom is 0.321 e. The Bertz CT molecular complexity index is 193. The fourth-order valence-corrected chi connectivity index (χ4v) is 0.608. The van der Waals surface area contributed by atoms with Crippen LogP contribution < -0.4 is 5.73 Å². The molecular formula is C8H15NO4. The van der Waals surface area contributed by atoms with Crippen LogP contribution in [0.25, 0.3) is 0 Å². The van der Waals surface area contributed by atoms with Gasteiger partial charge in [-0.3, -0.25) is 15.3 Å². The summed E-state index contributed by atoms with van der Waals surface area (Å²) in [6, 6.07) is 0. The molecule has 0 radical (unpaired) electrons. The fraction of sp³-hybridized carbons (Fsp3) is 0.750. The molecule has 0 saturated heterocycles. The standard InChI is InChI=1S/C8H15NO4/c1-4-6(9)13-8(11)5(2)7(10)12-3/h5-6H,4,9H2,1-3H3. The van der Waals surface area contributed by atoms with Crippen molar-refractivity contribution in [2.45, 2.75) is 26.5 Å². The van der Waals surface area contributed by atoms with Crippen molar-refractivity contribution >= 4 is 11.9 Å². The van der Waals surface area contributed by atoms with Crippen LogP contribution in [0.1, 0.15) is 20.3 Å². The minimum atomic E-state index is -0.914. The number of hydrogen-bond donors (Lipinski definition) is 1. The van der Waals surface area contributed by atoms with Crippen LogP contribution in [0, 0.1) is 5.92 Å². The van der Waals surface area contributed by atoms with Crippen LogP contribution in [0.15, 0.2) is 0 Å². The van der Waals surface area contributed by atoms with Gasteiger partial charge in [0, 0.05) is 0 Å². The minimum Gasteiger partial charge on any atom is -0.468 e. The van der Waals surface area contributed by atoms with Gasteiger partial charge in [-0.05, 0) is 13.3 Å². The molecule has 2 atom stereocenters. The molecule has 0 aromatic heterocycles. The third-order valence-corrected chi connectivity index (χ3v) is 1.58. The monoisotopic (exact) mass is 189 g/mol. The molecule has 0 fully saturated rings. The zero-order valence-corrected chi connectivity index (χ0v) is 8.07. The number of nitrogens with two attached hydrogens (primary N) is 1. The van der Waals surface area contributed by atoms with Crippen molar-refractivity contribution in [3.8, 4) is 0 Å². The van der Waals surface area contributed by atoms with Crippen molar-refractivity contribution in [2.75, 3.05) is 7.11 Å². The molecule has 0 bridgehead atoms. The molecule has 0 rings (SSSR count). The van der Waals surface area contributed by atoms with E-state index in [-0.39, 0.29) is 0 Å². The Morgan fingerprint density at radius 1 is 1.38 bits per heavy atom. The van der Waals surface area contributed by atoms with Crippen LogP contribution in [0.5, 0.6) is 0 Å². The normalized spacial score (nSPS) is 14.5. The molecule has 0 spiro atoms. The SMILES string of the molecule is CCC(N)OC(=O)C(C)C(=O)OC. The van der Waals surface area contributed by atoms with Gasteiger partial charge in [-0.2, -0.15) is 0 Å². The van der Waals surface area contributed by atoms with Crippen LogP contribution in [0.3, 0.4) is 0 Å². The molecule has 13 heavy (non-hydrogen) atoms. The second kappa shape index (κ2) is 5.53. The molecule has 0 aromatic carbocycles. The van der Waals surface area contributed by atoms with Crippen molar-refractivity contribution in [3.05, 3.63) is 0 Å². The quantitative estimate of drug-likeness (QED) is 0.383. The summed E-state index contributed by atoms with van der Waals surface area (Å²) in [5, 5.41) is 0. The van der Waals surface area contributed by atoms with E-state index in [0.29, 0.717) is 6.42 Å². The van der Waals surface area contributed by atoms with Gasteiger partial charge in [0.15, 0.2) is 12.1 Å². The first kappa shape index (κ1) is 11.9. The average molecular weight is 189 g/mol. The Balaban J connectivity index is 4.03. The Morgan fingerprint density at radius 2 is 1.92 bits per heavy atom. The van der Waals surface area contributed by atoms with Gasteiger partial charge in [0.2, 0.25) is 0 Å². The topological polar surface area (TPSA) is 78.6 Å². The minimum absolute atomic E-state index is 0.514. The molecule has 0 aliphatic heterocycles. The van der Waals surface area contributed by atoms with Crippen LogP contribution in [0.4, 0.5) is 0 Å². The van der Waals surface area contributed by atoms with Gasteiger partial charge in [0.25, 0.3) is 0 Å². The highest BCUT2D eigenvalue weighted by Gasteiger charge is 2.24. The number of rotatable bonds is 4. The molecular weight excluding hydrogens is 174 g/mol. The van der Waals surface area contributed by atoms with E-state index < -0.39 is 24.1 Å². The number of carbonyl (C=O) groups is 2.